The number of rotatable bonds is 3. The molecule has 1 atom stereocenters. The molecule has 0 bridgehead atoms. The molecule has 3 aromatic rings. The van der Waals surface area contributed by atoms with Gasteiger partial charge in [0.25, 0.3) is 12.4 Å². The van der Waals surface area contributed by atoms with Gasteiger partial charge in [-0.3, -0.25) is 9.59 Å². The van der Waals surface area contributed by atoms with E-state index >= 15 is 0 Å². The van der Waals surface area contributed by atoms with Crippen molar-refractivity contribution in [3.8, 4) is 0 Å². The van der Waals surface area contributed by atoms with Crippen LogP contribution in [0.25, 0.3) is 5.65 Å². The molecule has 2 N–H and O–H groups in total. The fourth-order valence-electron chi connectivity index (χ4n) is 3.41. The molecule has 1 fully saturated rings. The van der Waals surface area contributed by atoms with Crippen LogP contribution in [0.4, 0.5) is 0 Å². The molecule has 0 radical (unpaired) electrons. The standard InChI is InChI=1S/C16H19N7O2.CH2O2/c1-21-14(9-24)19-20-15(21)11-4-3-7-22(8-11)16(25)12-5-2-6-13-17-10-18-23(12)13;2-1-3/h2,5-6,10-11,24H,3-4,7-9H2,1H3;1H,(H,2,3). The van der Waals surface area contributed by atoms with E-state index < -0.39 is 0 Å². The number of pyridine rings is 1. The first-order valence-corrected chi connectivity index (χ1v) is 8.75. The van der Waals surface area contributed by atoms with Crippen LogP contribution in [0, 0.1) is 0 Å². The fraction of sp³-hybridized carbons (Fsp3) is 0.412. The molecule has 0 aliphatic carbocycles. The third-order valence-corrected chi connectivity index (χ3v) is 4.73. The number of carbonyl (C=O) groups is 2. The van der Waals surface area contributed by atoms with Crippen molar-refractivity contribution in [1.82, 2.24) is 34.3 Å². The van der Waals surface area contributed by atoms with E-state index in [1.807, 2.05) is 28.6 Å². The summed E-state index contributed by atoms with van der Waals surface area (Å²) in [7, 11) is 1.85. The van der Waals surface area contributed by atoms with Gasteiger partial charge >= 0.3 is 0 Å². The smallest absolute Gasteiger partial charge is 0.290 e. The number of amides is 1. The molecule has 148 valence electrons. The minimum Gasteiger partial charge on any atom is -0.483 e. The van der Waals surface area contributed by atoms with Crippen molar-refractivity contribution < 1.29 is 19.8 Å². The summed E-state index contributed by atoms with van der Waals surface area (Å²) < 4.78 is 3.38. The molecule has 28 heavy (non-hydrogen) atoms. The Morgan fingerprint density at radius 2 is 2.14 bits per heavy atom. The lowest BCUT2D eigenvalue weighted by atomic mass is 9.97. The Bertz CT molecular complexity index is 967. The van der Waals surface area contributed by atoms with Crippen molar-refractivity contribution in [2.45, 2.75) is 25.4 Å². The van der Waals surface area contributed by atoms with Gasteiger partial charge in [-0.1, -0.05) is 6.07 Å². The highest BCUT2D eigenvalue weighted by atomic mass is 16.3. The van der Waals surface area contributed by atoms with E-state index in [9.17, 15) is 9.90 Å². The molecule has 3 aromatic heterocycles. The molecule has 1 aliphatic rings. The summed E-state index contributed by atoms with van der Waals surface area (Å²) in [5.74, 6) is 1.38. The van der Waals surface area contributed by atoms with Crippen LogP contribution in [-0.2, 0) is 18.4 Å². The number of piperidine rings is 1. The van der Waals surface area contributed by atoms with E-state index in [-0.39, 0.29) is 24.9 Å². The zero-order chi connectivity index (χ0) is 20.1. The largest absolute Gasteiger partial charge is 0.483 e. The highest BCUT2D eigenvalue weighted by Crippen LogP contribution is 2.26. The van der Waals surface area contributed by atoms with Gasteiger partial charge in [0.05, 0.1) is 0 Å². The number of hydrogen-bond donors (Lipinski definition) is 2. The van der Waals surface area contributed by atoms with Gasteiger partial charge in [0.1, 0.15) is 24.5 Å². The van der Waals surface area contributed by atoms with Crippen LogP contribution < -0.4 is 0 Å². The van der Waals surface area contributed by atoms with Crippen molar-refractivity contribution in [3.63, 3.8) is 0 Å². The normalized spacial score (nSPS) is 16.5. The highest BCUT2D eigenvalue weighted by Gasteiger charge is 2.29. The van der Waals surface area contributed by atoms with Gasteiger partial charge in [0.2, 0.25) is 0 Å². The summed E-state index contributed by atoms with van der Waals surface area (Å²) in [5.41, 5.74) is 1.16. The minimum atomic E-state index is -0.250. The van der Waals surface area contributed by atoms with E-state index in [2.05, 4.69) is 20.3 Å². The lowest BCUT2D eigenvalue weighted by Crippen LogP contribution is -2.40. The van der Waals surface area contributed by atoms with Crippen LogP contribution in [0.5, 0.6) is 0 Å². The number of fused-ring (bicyclic) bond motifs is 1. The molecule has 0 saturated carbocycles. The van der Waals surface area contributed by atoms with Crippen molar-refractivity contribution in [3.05, 3.63) is 41.9 Å². The van der Waals surface area contributed by atoms with Gasteiger partial charge in [0.15, 0.2) is 11.5 Å². The van der Waals surface area contributed by atoms with Crippen LogP contribution in [0.1, 0.15) is 40.9 Å². The fourth-order valence-corrected chi connectivity index (χ4v) is 3.41. The van der Waals surface area contributed by atoms with E-state index in [0.29, 0.717) is 30.3 Å². The second-order valence-corrected chi connectivity index (χ2v) is 6.33. The molecule has 1 unspecified atom stereocenters. The Kier molecular flexibility index (Phi) is 5.94. The topological polar surface area (TPSA) is 139 Å². The summed E-state index contributed by atoms with van der Waals surface area (Å²) in [6, 6.07) is 5.40. The highest BCUT2D eigenvalue weighted by molar-refractivity contribution is 5.93. The number of carbonyl (C=O) groups excluding carboxylic acids is 1. The summed E-state index contributed by atoms with van der Waals surface area (Å²) in [6.07, 6.45) is 3.28. The predicted octanol–water partition coefficient (Wildman–Crippen LogP) is 0.0707. The Morgan fingerprint density at radius 1 is 1.36 bits per heavy atom. The number of likely N-dealkylation sites (tertiary alicyclic amines) is 1. The number of carboxylic acid groups (broad SMARTS) is 1. The Morgan fingerprint density at radius 3 is 2.86 bits per heavy atom. The molecular formula is C17H21N7O4. The van der Waals surface area contributed by atoms with Gasteiger partial charge in [-0.25, -0.2) is 9.50 Å². The molecule has 4 rings (SSSR count). The Hall–Kier alpha value is -3.34. The summed E-state index contributed by atoms with van der Waals surface area (Å²) in [5, 5.41) is 28.5. The maximum absolute atomic E-state index is 13.0. The molecule has 1 saturated heterocycles. The molecule has 1 amide bonds. The van der Waals surface area contributed by atoms with Crippen LogP contribution in [0.2, 0.25) is 0 Å². The average Bonchev–Trinajstić information content (AvgIpc) is 3.34. The van der Waals surface area contributed by atoms with Crippen molar-refractivity contribution in [2.75, 3.05) is 13.1 Å². The van der Waals surface area contributed by atoms with Crippen LogP contribution in [0.3, 0.4) is 0 Å². The first-order chi connectivity index (χ1) is 13.6. The van der Waals surface area contributed by atoms with Gasteiger partial charge in [-0.15, -0.1) is 10.2 Å². The van der Waals surface area contributed by atoms with E-state index in [1.54, 1.807) is 10.6 Å². The molecule has 11 nitrogen and oxygen atoms in total. The van der Waals surface area contributed by atoms with Gasteiger partial charge in [-0.2, -0.15) is 5.10 Å². The number of aromatic nitrogens is 6. The predicted molar refractivity (Wildman–Crippen MR) is 96.5 cm³/mol. The second-order valence-electron chi connectivity index (χ2n) is 6.33. The third kappa shape index (κ3) is 3.69. The number of hydrogen-bond acceptors (Lipinski definition) is 7. The molecule has 4 heterocycles. The van der Waals surface area contributed by atoms with Crippen LogP contribution >= 0.6 is 0 Å². The zero-order valence-corrected chi connectivity index (χ0v) is 15.3. The third-order valence-electron chi connectivity index (χ3n) is 4.73. The van der Waals surface area contributed by atoms with E-state index in [1.165, 1.54) is 6.33 Å². The minimum absolute atomic E-state index is 0.0645. The van der Waals surface area contributed by atoms with Crippen LogP contribution in [-0.4, -0.2) is 69.9 Å². The number of aliphatic hydroxyl groups excluding tert-OH is 1. The van der Waals surface area contributed by atoms with Crippen molar-refractivity contribution in [1.29, 1.82) is 0 Å². The summed E-state index contributed by atoms with van der Waals surface area (Å²) in [4.78, 5) is 27.3. The van der Waals surface area contributed by atoms with E-state index in [4.69, 9.17) is 9.90 Å². The second kappa shape index (κ2) is 8.57. The van der Waals surface area contributed by atoms with E-state index in [0.717, 1.165) is 18.7 Å². The first kappa shape index (κ1) is 19.4. The van der Waals surface area contributed by atoms with Crippen LogP contribution in [0.15, 0.2) is 24.5 Å². The quantitative estimate of drug-likeness (QED) is 0.602. The van der Waals surface area contributed by atoms with Gasteiger partial charge in [-0.05, 0) is 25.0 Å². The lowest BCUT2D eigenvalue weighted by molar-refractivity contribution is -0.122. The molecule has 11 heteroatoms. The Labute approximate surface area is 160 Å². The molecule has 0 spiro atoms. The van der Waals surface area contributed by atoms with Crippen molar-refractivity contribution >= 4 is 18.0 Å². The molecular weight excluding hydrogens is 366 g/mol. The average molecular weight is 387 g/mol. The maximum atomic E-state index is 13.0. The maximum Gasteiger partial charge on any atom is 0.290 e. The zero-order valence-electron chi connectivity index (χ0n) is 15.3. The molecule has 1 aliphatic heterocycles. The first-order valence-electron chi connectivity index (χ1n) is 8.75. The molecule has 0 aromatic carbocycles. The number of nitrogens with zero attached hydrogens (tertiary/aromatic N) is 7. The lowest BCUT2D eigenvalue weighted by Gasteiger charge is -2.32. The monoisotopic (exact) mass is 387 g/mol. The van der Waals surface area contributed by atoms with Gasteiger partial charge in [0, 0.05) is 26.1 Å². The Balaban J connectivity index is 0.000000706. The summed E-state index contributed by atoms with van der Waals surface area (Å²) in [6.45, 7) is 0.875. The van der Waals surface area contributed by atoms with Gasteiger partial charge < -0.3 is 19.7 Å². The summed E-state index contributed by atoms with van der Waals surface area (Å²) >= 11 is 0. The SMILES string of the molecule is Cn1c(CO)nnc1C1CCCN(C(=O)c2cccc3ncnn23)C1.O=CO. The van der Waals surface area contributed by atoms with Crippen molar-refractivity contribution in [2.24, 2.45) is 7.05 Å². The number of aliphatic hydroxyl groups is 1.